The molecule has 0 saturated heterocycles. The number of carbonyl (C=O) groups excluding carboxylic acids is 3. The number of halogens is 2. The number of nitrogens with one attached hydrogen (secondary N) is 2. The van der Waals surface area contributed by atoms with Crippen LogP contribution in [0.25, 0.3) is 0 Å². The molecule has 150 valence electrons. The molecule has 0 radical (unpaired) electrons. The normalized spacial score (nSPS) is 10.9. The Hall–Kier alpha value is -2.91. The number of carbonyl (C=O) groups is 3. The van der Waals surface area contributed by atoms with Crippen LogP contribution in [0.15, 0.2) is 24.3 Å². The first-order valence-electron chi connectivity index (χ1n) is 8.02. The molecule has 1 aromatic carbocycles. The Morgan fingerprint density at radius 3 is 2.30 bits per heavy atom. The third-order valence-corrected chi connectivity index (χ3v) is 2.72. The number of rotatable bonds is 8. The molecule has 1 rings (SSSR count). The van der Waals surface area contributed by atoms with Gasteiger partial charge in [-0.2, -0.15) is 8.78 Å². The Morgan fingerprint density at radius 2 is 1.74 bits per heavy atom. The fraction of sp³-hybridized carbons (Fsp3) is 0.471. The Morgan fingerprint density at radius 1 is 1.11 bits per heavy atom. The van der Waals surface area contributed by atoms with Crippen molar-refractivity contribution < 1.29 is 37.4 Å². The molecule has 1 aromatic rings. The van der Waals surface area contributed by atoms with Crippen molar-refractivity contribution in [3.05, 3.63) is 24.3 Å². The van der Waals surface area contributed by atoms with Crippen LogP contribution in [-0.2, 0) is 19.1 Å². The summed E-state index contributed by atoms with van der Waals surface area (Å²) in [6.45, 7) is 1.66. The van der Waals surface area contributed by atoms with Crippen molar-refractivity contribution in [3.63, 3.8) is 0 Å². The molecule has 27 heavy (non-hydrogen) atoms. The Balaban J connectivity index is 2.25. The van der Waals surface area contributed by atoms with E-state index in [2.05, 4.69) is 15.4 Å². The lowest BCUT2D eigenvalue weighted by Crippen LogP contribution is -2.34. The van der Waals surface area contributed by atoms with E-state index in [0.717, 1.165) is 0 Å². The van der Waals surface area contributed by atoms with Crippen LogP contribution in [0.4, 0.5) is 19.3 Å². The molecule has 0 saturated carbocycles. The summed E-state index contributed by atoms with van der Waals surface area (Å²) in [6, 6.07) is 5.25. The smallest absolute Gasteiger partial charge is 0.407 e. The van der Waals surface area contributed by atoms with Gasteiger partial charge in [0, 0.05) is 12.2 Å². The Bertz CT molecular complexity index is 644. The second kappa shape index (κ2) is 10.3. The van der Waals surface area contributed by atoms with Gasteiger partial charge in [0.25, 0.3) is 5.91 Å². The number of hydrogen-bond donors (Lipinski definition) is 2. The quantitative estimate of drug-likeness (QED) is 0.664. The van der Waals surface area contributed by atoms with Crippen LogP contribution in [-0.4, -0.2) is 43.3 Å². The van der Waals surface area contributed by atoms with Crippen molar-refractivity contribution in [2.75, 3.05) is 18.5 Å². The largest absolute Gasteiger partial charge is 0.456 e. The summed E-state index contributed by atoms with van der Waals surface area (Å²) in [7, 11) is 0. The van der Waals surface area contributed by atoms with Crippen LogP contribution in [0.1, 0.15) is 27.2 Å². The topological polar surface area (TPSA) is 103 Å². The zero-order chi connectivity index (χ0) is 20.4. The highest BCUT2D eigenvalue weighted by Gasteiger charge is 2.16. The van der Waals surface area contributed by atoms with Crippen LogP contribution in [0.2, 0.25) is 0 Å². The number of ether oxygens (including phenoxy) is 3. The highest BCUT2D eigenvalue weighted by molar-refractivity contribution is 5.92. The maximum atomic E-state index is 12.0. The van der Waals surface area contributed by atoms with Gasteiger partial charge in [0.05, 0.1) is 6.42 Å². The van der Waals surface area contributed by atoms with Crippen molar-refractivity contribution in [2.24, 2.45) is 0 Å². The molecule has 0 unspecified atom stereocenters. The van der Waals surface area contributed by atoms with Crippen LogP contribution in [0.5, 0.6) is 5.75 Å². The van der Waals surface area contributed by atoms with Crippen LogP contribution in [0.3, 0.4) is 0 Å². The van der Waals surface area contributed by atoms with E-state index in [9.17, 15) is 23.2 Å². The molecule has 2 amide bonds. The number of amides is 2. The van der Waals surface area contributed by atoms with Gasteiger partial charge in [-0.25, -0.2) is 4.79 Å². The Kier molecular flexibility index (Phi) is 8.43. The molecule has 0 aromatic heterocycles. The van der Waals surface area contributed by atoms with Crippen molar-refractivity contribution >= 4 is 23.7 Å². The number of hydrogen-bond acceptors (Lipinski definition) is 6. The molecule has 0 aliphatic carbocycles. The molecular formula is C17H22F2N2O6. The van der Waals surface area contributed by atoms with E-state index in [1.54, 1.807) is 20.8 Å². The van der Waals surface area contributed by atoms with Gasteiger partial charge >= 0.3 is 18.7 Å². The van der Waals surface area contributed by atoms with Gasteiger partial charge in [0.15, 0.2) is 6.61 Å². The van der Waals surface area contributed by atoms with Gasteiger partial charge < -0.3 is 24.8 Å². The average Bonchev–Trinajstić information content (AvgIpc) is 2.52. The second-order valence-corrected chi connectivity index (χ2v) is 6.29. The lowest BCUT2D eigenvalue weighted by molar-refractivity contribution is -0.147. The van der Waals surface area contributed by atoms with Crippen LogP contribution < -0.4 is 15.4 Å². The molecule has 0 atom stereocenters. The second-order valence-electron chi connectivity index (χ2n) is 6.29. The van der Waals surface area contributed by atoms with Gasteiger partial charge in [-0.3, -0.25) is 9.59 Å². The average molecular weight is 388 g/mol. The summed E-state index contributed by atoms with van der Waals surface area (Å²) >= 11 is 0. The molecule has 0 aliphatic heterocycles. The van der Waals surface area contributed by atoms with Crippen molar-refractivity contribution in [1.29, 1.82) is 0 Å². The first kappa shape index (κ1) is 22.1. The minimum Gasteiger partial charge on any atom is -0.456 e. The zero-order valence-electron chi connectivity index (χ0n) is 15.2. The number of alkyl carbamates (subject to hydrolysis) is 1. The number of esters is 1. The summed E-state index contributed by atoms with van der Waals surface area (Å²) in [5.74, 6) is -1.33. The summed E-state index contributed by atoms with van der Waals surface area (Å²) in [6.07, 6.45) is -0.793. The molecule has 8 nitrogen and oxygen atoms in total. The fourth-order valence-electron chi connectivity index (χ4n) is 1.72. The summed E-state index contributed by atoms with van der Waals surface area (Å²) in [5.41, 5.74) is -0.323. The highest BCUT2D eigenvalue weighted by Crippen LogP contribution is 2.17. The molecule has 0 spiro atoms. The highest BCUT2D eigenvalue weighted by atomic mass is 19.3. The van der Waals surface area contributed by atoms with E-state index in [0.29, 0.717) is 5.69 Å². The molecule has 2 N–H and O–H groups in total. The summed E-state index contributed by atoms with van der Waals surface area (Å²) in [5, 5.41) is 4.82. The lowest BCUT2D eigenvalue weighted by Gasteiger charge is -2.19. The lowest BCUT2D eigenvalue weighted by atomic mass is 10.2. The van der Waals surface area contributed by atoms with Crippen LogP contribution in [0, 0.1) is 0 Å². The predicted octanol–water partition coefficient (Wildman–Crippen LogP) is 2.68. The number of anilines is 1. The molecule has 0 bridgehead atoms. The maximum Gasteiger partial charge on any atom is 0.407 e. The standard InChI is InChI=1S/C17H22F2N2O6/c1-17(2,3)27-16(24)20-9-8-14(23)25-10-13(22)21-11-4-6-12(7-5-11)26-15(18)19/h4-7,15H,8-10H2,1-3H3,(H,20,24)(H,21,22). The minimum absolute atomic E-state index is 0.000957. The summed E-state index contributed by atoms with van der Waals surface area (Å²) < 4.78 is 38.0. The molecule has 0 aliphatic rings. The minimum atomic E-state index is -2.94. The molecular weight excluding hydrogens is 366 g/mol. The fourth-order valence-corrected chi connectivity index (χ4v) is 1.72. The third kappa shape index (κ3) is 10.6. The zero-order valence-corrected chi connectivity index (χ0v) is 15.2. The summed E-state index contributed by atoms with van der Waals surface area (Å²) in [4.78, 5) is 34.6. The van der Waals surface area contributed by atoms with Crippen molar-refractivity contribution in [2.45, 2.75) is 39.4 Å². The van der Waals surface area contributed by atoms with E-state index >= 15 is 0 Å². The van der Waals surface area contributed by atoms with E-state index < -0.39 is 36.8 Å². The van der Waals surface area contributed by atoms with Crippen LogP contribution >= 0.6 is 0 Å². The molecule has 0 heterocycles. The van der Waals surface area contributed by atoms with Gasteiger partial charge in [0.2, 0.25) is 0 Å². The predicted molar refractivity (Wildman–Crippen MR) is 91.5 cm³/mol. The Labute approximate surface area is 155 Å². The SMILES string of the molecule is CC(C)(C)OC(=O)NCCC(=O)OCC(=O)Nc1ccc(OC(F)F)cc1. The first-order valence-corrected chi connectivity index (χ1v) is 8.02. The molecule has 0 fully saturated rings. The van der Waals surface area contributed by atoms with Gasteiger partial charge in [-0.1, -0.05) is 0 Å². The third-order valence-electron chi connectivity index (χ3n) is 2.72. The number of alkyl halides is 2. The van der Waals surface area contributed by atoms with Gasteiger partial charge in [0.1, 0.15) is 11.4 Å². The monoisotopic (exact) mass is 388 g/mol. The van der Waals surface area contributed by atoms with E-state index in [-0.39, 0.29) is 18.7 Å². The van der Waals surface area contributed by atoms with Gasteiger partial charge in [-0.05, 0) is 45.0 Å². The van der Waals surface area contributed by atoms with Crippen molar-refractivity contribution in [3.8, 4) is 5.75 Å². The van der Waals surface area contributed by atoms with Crippen molar-refractivity contribution in [1.82, 2.24) is 5.32 Å². The maximum absolute atomic E-state index is 12.0. The number of benzene rings is 1. The molecule has 10 heteroatoms. The van der Waals surface area contributed by atoms with E-state index in [1.807, 2.05) is 0 Å². The van der Waals surface area contributed by atoms with Gasteiger partial charge in [-0.15, -0.1) is 0 Å². The van der Waals surface area contributed by atoms with E-state index in [1.165, 1.54) is 24.3 Å². The first-order chi connectivity index (χ1) is 12.5. The van der Waals surface area contributed by atoms with E-state index in [4.69, 9.17) is 9.47 Å².